The van der Waals surface area contributed by atoms with E-state index in [0.717, 1.165) is 17.8 Å². The molecule has 1 aromatic rings. The molecule has 0 aliphatic rings. The molecule has 3 nitrogen and oxygen atoms in total. The molecule has 1 rings (SSSR count). The Morgan fingerprint density at radius 1 is 1.64 bits per heavy atom. The maximum atomic E-state index is 13.2. The molecule has 0 aromatic heterocycles. The average molecular weight is 210 g/mol. The van der Waals surface area contributed by atoms with Gasteiger partial charge < -0.3 is 5.73 Å². The summed E-state index contributed by atoms with van der Waals surface area (Å²) in [6.45, 7) is 0. The van der Waals surface area contributed by atoms with E-state index in [1.807, 2.05) is 6.07 Å². The molecule has 0 aliphatic carbocycles. The molecule has 2 N–H and O–H groups in total. The lowest BCUT2D eigenvalue weighted by Gasteiger charge is -2.00. The van der Waals surface area contributed by atoms with E-state index in [0.29, 0.717) is 4.90 Å². The van der Waals surface area contributed by atoms with Crippen LogP contribution >= 0.6 is 11.8 Å². The van der Waals surface area contributed by atoms with Crippen LogP contribution in [0.5, 0.6) is 0 Å². The fourth-order valence-corrected chi connectivity index (χ4v) is 1.50. The first kappa shape index (κ1) is 10.5. The number of thioether (sulfide) groups is 1. The number of nitrogens with two attached hydrogens (primary N) is 1. The van der Waals surface area contributed by atoms with Crippen LogP contribution in [0.1, 0.15) is 5.56 Å². The SMILES string of the molecule is N#Cc1ccc(SCC(N)=O)c(F)c1. The maximum absolute atomic E-state index is 13.2. The summed E-state index contributed by atoms with van der Waals surface area (Å²) < 4.78 is 13.2. The maximum Gasteiger partial charge on any atom is 0.227 e. The van der Waals surface area contributed by atoms with Gasteiger partial charge >= 0.3 is 0 Å². The predicted octanol–water partition coefficient (Wildman–Crippen LogP) is 1.27. The van der Waals surface area contributed by atoms with E-state index in [1.54, 1.807) is 0 Å². The van der Waals surface area contributed by atoms with Gasteiger partial charge in [-0.2, -0.15) is 5.26 Å². The lowest BCUT2D eigenvalue weighted by atomic mass is 10.2. The minimum absolute atomic E-state index is 0.0306. The zero-order valence-corrected chi connectivity index (χ0v) is 7.97. The molecule has 0 atom stereocenters. The Morgan fingerprint density at radius 2 is 2.36 bits per heavy atom. The highest BCUT2D eigenvalue weighted by Gasteiger charge is 2.05. The third-order valence-electron chi connectivity index (χ3n) is 1.43. The predicted molar refractivity (Wildman–Crippen MR) is 51.0 cm³/mol. The summed E-state index contributed by atoms with van der Waals surface area (Å²) in [7, 11) is 0. The van der Waals surface area contributed by atoms with Crippen molar-refractivity contribution in [3.63, 3.8) is 0 Å². The first-order valence-corrected chi connectivity index (χ1v) is 4.73. The van der Waals surface area contributed by atoms with Gasteiger partial charge in [0, 0.05) is 4.90 Å². The number of nitrogens with zero attached hydrogens (tertiary/aromatic N) is 1. The molecule has 0 fully saturated rings. The Hall–Kier alpha value is -1.54. The van der Waals surface area contributed by atoms with Gasteiger partial charge in [-0.3, -0.25) is 4.79 Å². The highest BCUT2D eigenvalue weighted by Crippen LogP contribution is 2.21. The molecule has 0 aliphatic heterocycles. The molecule has 1 amide bonds. The molecule has 1 aromatic carbocycles. The second-order valence-corrected chi connectivity index (χ2v) is 3.53. The van der Waals surface area contributed by atoms with Gasteiger partial charge in [0.2, 0.25) is 5.91 Å². The molecular formula is C9H7FN2OS. The Morgan fingerprint density at radius 3 is 2.86 bits per heavy atom. The highest BCUT2D eigenvalue weighted by molar-refractivity contribution is 8.00. The second kappa shape index (κ2) is 4.63. The summed E-state index contributed by atoms with van der Waals surface area (Å²) in [4.78, 5) is 10.8. The van der Waals surface area contributed by atoms with Crippen LogP contribution in [-0.2, 0) is 4.79 Å². The summed E-state index contributed by atoms with van der Waals surface area (Å²) in [6, 6.07) is 5.90. The van der Waals surface area contributed by atoms with Crippen LogP contribution in [0.15, 0.2) is 23.1 Å². The van der Waals surface area contributed by atoms with Gasteiger partial charge in [0.25, 0.3) is 0 Å². The normalized spacial score (nSPS) is 9.43. The summed E-state index contributed by atoms with van der Waals surface area (Å²) >= 11 is 1.02. The second-order valence-electron chi connectivity index (χ2n) is 2.51. The van der Waals surface area contributed by atoms with Crippen molar-refractivity contribution in [3.05, 3.63) is 29.6 Å². The van der Waals surface area contributed by atoms with E-state index < -0.39 is 11.7 Å². The minimum Gasteiger partial charge on any atom is -0.369 e. The van der Waals surface area contributed by atoms with E-state index in [9.17, 15) is 9.18 Å². The van der Waals surface area contributed by atoms with Gasteiger partial charge in [-0.25, -0.2) is 4.39 Å². The van der Waals surface area contributed by atoms with E-state index >= 15 is 0 Å². The van der Waals surface area contributed by atoms with Crippen LogP contribution in [0.25, 0.3) is 0 Å². The van der Waals surface area contributed by atoms with Crippen LogP contribution in [0, 0.1) is 17.1 Å². The molecule has 0 heterocycles. The number of nitriles is 1. The molecule has 72 valence electrons. The fraction of sp³-hybridized carbons (Fsp3) is 0.111. The third-order valence-corrected chi connectivity index (χ3v) is 2.50. The van der Waals surface area contributed by atoms with Crippen molar-refractivity contribution in [1.82, 2.24) is 0 Å². The number of amides is 1. The molecule has 0 bridgehead atoms. The number of halogens is 1. The van der Waals surface area contributed by atoms with Gasteiger partial charge in [-0.05, 0) is 18.2 Å². The van der Waals surface area contributed by atoms with Crippen LogP contribution in [0.4, 0.5) is 4.39 Å². The smallest absolute Gasteiger partial charge is 0.227 e. The van der Waals surface area contributed by atoms with Gasteiger partial charge in [-0.15, -0.1) is 11.8 Å². The Labute approximate surface area is 84.7 Å². The number of carbonyl (C=O) groups is 1. The monoisotopic (exact) mass is 210 g/mol. The van der Waals surface area contributed by atoms with Crippen LogP contribution in [0.3, 0.4) is 0 Å². The largest absolute Gasteiger partial charge is 0.369 e. The third kappa shape index (κ3) is 2.75. The average Bonchev–Trinajstić information content (AvgIpc) is 2.15. The van der Waals surface area contributed by atoms with E-state index in [2.05, 4.69) is 0 Å². The Bertz CT molecular complexity index is 400. The van der Waals surface area contributed by atoms with E-state index in [4.69, 9.17) is 11.0 Å². The lowest BCUT2D eigenvalue weighted by molar-refractivity contribution is -0.115. The molecule has 0 radical (unpaired) electrons. The molecular weight excluding hydrogens is 203 g/mol. The lowest BCUT2D eigenvalue weighted by Crippen LogP contribution is -2.13. The Kier molecular flexibility index (Phi) is 3.48. The van der Waals surface area contributed by atoms with E-state index in [1.165, 1.54) is 12.1 Å². The zero-order valence-electron chi connectivity index (χ0n) is 7.16. The molecule has 0 saturated heterocycles. The fourth-order valence-electron chi connectivity index (χ4n) is 0.836. The number of primary amides is 1. The van der Waals surface area contributed by atoms with Crippen molar-refractivity contribution in [2.24, 2.45) is 5.73 Å². The molecule has 0 saturated carbocycles. The standard InChI is InChI=1S/C9H7FN2OS/c10-7-3-6(4-11)1-2-8(7)14-5-9(12)13/h1-3H,5H2,(H2,12,13). The number of hydrogen-bond acceptors (Lipinski definition) is 3. The van der Waals surface area contributed by atoms with Crippen molar-refractivity contribution in [3.8, 4) is 6.07 Å². The summed E-state index contributed by atoms with van der Waals surface area (Å²) in [5.74, 6) is -0.975. The summed E-state index contributed by atoms with van der Waals surface area (Å²) in [5.41, 5.74) is 5.17. The van der Waals surface area contributed by atoms with Gasteiger partial charge in [0.05, 0.1) is 17.4 Å². The summed E-state index contributed by atoms with van der Waals surface area (Å²) in [6.07, 6.45) is 0. The minimum atomic E-state index is -0.504. The van der Waals surface area contributed by atoms with Gasteiger partial charge in [-0.1, -0.05) is 0 Å². The van der Waals surface area contributed by atoms with Crippen LogP contribution < -0.4 is 5.73 Å². The first-order valence-electron chi connectivity index (χ1n) is 3.74. The zero-order chi connectivity index (χ0) is 10.6. The number of rotatable bonds is 3. The van der Waals surface area contributed by atoms with E-state index in [-0.39, 0.29) is 11.3 Å². The molecule has 5 heteroatoms. The molecule has 0 unspecified atom stereocenters. The highest BCUT2D eigenvalue weighted by atomic mass is 32.2. The molecule has 14 heavy (non-hydrogen) atoms. The van der Waals surface area contributed by atoms with Gasteiger partial charge in [0.1, 0.15) is 5.82 Å². The topological polar surface area (TPSA) is 66.9 Å². The number of hydrogen-bond donors (Lipinski definition) is 1. The summed E-state index contributed by atoms with van der Waals surface area (Å²) in [5, 5.41) is 8.47. The number of carbonyl (C=O) groups excluding carboxylic acids is 1. The van der Waals surface area contributed by atoms with Crippen molar-refractivity contribution in [1.29, 1.82) is 5.26 Å². The van der Waals surface area contributed by atoms with Crippen molar-refractivity contribution in [2.75, 3.05) is 5.75 Å². The molecule has 0 spiro atoms. The Balaban J connectivity index is 2.80. The van der Waals surface area contributed by atoms with Crippen molar-refractivity contribution >= 4 is 17.7 Å². The van der Waals surface area contributed by atoms with Crippen LogP contribution in [0.2, 0.25) is 0 Å². The van der Waals surface area contributed by atoms with Crippen molar-refractivity contribution in [2.45, 2.75) is 4.90 Å². The first-order chi connectivity index (χ1) is 6.63. The van der Waals surface area contributed by atoms with Gasteiger partial charge in [0.15, 0.2) is 0 Å². The quantitative estimate of drug-likeness (QED) is 0.764. The van der Waals surface area contributed by atoms with Crippen molar-refractivity contribution < 1.29 is 9.18 Å². The van der Waals surface area contributed by atoms with Crippen LogP contribution in [-0.4, -0.2) is 11.7 Å². The number of benzene rings is 1.